The molecule has 1 aliphatic heterocycles. The van der Waals surface area contributed by atoms with E-state index in [4.69, 9.17) is 4.74 Å². The largest absolute Gasteiger partial charge is 0.450 e. The Morgan fingerprint density at radius 3 is 2.39 bits per heavy atom. The van der Waals surface area contributed by atoms with Gasteiger partial charge in [-0.05, 0) is 44.9 Å². The Bertz CT molecular complexity index is 486. The zero-order valence-electron chi connectivity index (χ0n) is 15.0. The Kier molecular flexibility index (Phi) is 5.37. The second-order valence-electron chi connectivity index (χ2n) is 7.54. The number of rotatable bonds is 4. The highest BCUT2D eigenvalue weighted by molar-refractivity contribution is 5.84. The van der Waals surface area contributed by atoms with E-state index in [2.05, 4.69) is 39.1 Å². The fraction of sp³-hybridized carbons (Fsp3) is 0.778. The number of ether oxygens (including phenoxy) is 1. The average molecular weight is 322 g/mol. The molecule has 1 heterocycles. The molecule has 23 heavy (non-hydrogen) atoms. The molecule has 0 spiro atoms. The predicted molar refractivity (Wildman–Crippen MR) is 90.0 cm³/mol. The molecule has 2 fully saturated rings. The maximum atomic E-state index is 12.6. The monoisotopic (exact) mass is 322 g/mol. The van der Waals surface area contributed by atoms with Crippen LogP contribution in [0.4, 0.5) is 4.79 Å². The van der Waals surface area contributed by atoms with Gasteiger partial charge in [0, 0.05) is 19.1 Å². The van der Waals surface area contributed by atoms with E-state index >= 15 is 0 Å². The van der Waals surface area contributed by atoms with Crippen molar-refractivity contribution in [2.45, 2.75) is 53.5 Å². The molecule has 2 rings (SSSR count). The molecule has 0 unspecified atom stereocenters. The topological polar surface area (TPSA) is 58.6 Å². The Labute approximate surface area is 139 Å². The Hall–Kier alpha value is -1.52. The van der Waals surface area contributed by atoms with Crippen LogP contribution < -0.4 is 5.32 Å². The minimum Gasteiger partial charge on any atom is -0.450 e. The molecular formula is C18H30N2O3. The zero-order valence-corrected chi connectivity index (χ0v) is 15.0. The van der Waals surface area contributed by atoms with Gasteiger partial charge in [0.15, 0.2) is 0 Å². The van der Waals surface area contributed by atoms with Gasteiger partial charge in [-0.1, -0.05) is 25.5 Å². The van der Waals surface area contributed by atoms with E-state index in [1.165, 1.54) is 5.57 Å². The number of nitrogens with zero attached hydrogens (tertiary/aromatic N) is 1. The molecule has 0 bridgehead atoms. The number of allylic oxidation sites excluding steroid dienone is 2. The van der Waals surface area contributed by atoms with Gasteiger partial charge in [-0.2, -0.15) is 0 Å². The molecule has 1 saturated heterocycles. The van der Waals surface area contributed by atoms with Crippen molar-refractivity contribution in [3.8, 4) is 0 Å². The minimum atomic E-state index is -0.246. The van der Waals surface area contributed by atoms with Crippen LogP contribution in [0.3, 0.4) is 0 Å². The second-order valence-corrected chi connectivity index (χ2v) is 7.54. The van der Waals surface area contributed by atoms with Crippen LogP contribution in [0.25, 0.3) is 0 Å². The molecule has 130 valence electrons. The third-order valence-electron chi connectivity index (χ3n) is 5.07. The first-order chi connectivity index (χ1) is 10.8. The summed E-state index contributed by atoms with van der Waals surface area (Å²) in [6.07, 6.45) is 3.56. The van der Waals surface area contributed by atoms with Crippen LogP contribution in [0.15, 0.2) is 11.6 Å². The van der Waals surface area contributed by atoms with E-state index in [0.717, 1.165) is 12.8 Å². The molecule has 0 aromatic heterocycles. The van der Waals surface area contributed by atoms with E-state index < -0.39 is 0 Å². The number of carbonyl (C=O) groups excluding carboxylic acids is 2. The summed E-state index contributed by atoms with van der Waals surface area (Å²) < 4.78 is 5.02. The Balaban J connectivity index is 1.82. The van der Waals surface area contributed by atoms with Crippen LogP contribution in [0.2, 0.25) is 0 Å². The highest BCUT2D eigenvalue weighted by Gasteiger charge is 2.60. The summed E-state index contributed by atoms with van der Waals surface area (Å²) in [5.74, 6) is 0.569. The van der Waals surface area contributed by atoms with Crippen molar-refractivity contribution in [1.29, 1.82) is 0 Å². The molecule has 0 aromatic rings. The lowest BCUT2D eigenvalue weighted by Crippen LogP contribution is -2.47. The van der Waals surface area contributed by atoms with Gasteiger partial charge in [0.1, 0.15) is 0 Å². The van der Waals surface area contributed by atoms with Gasteiger partial charge in [0.25, 0.3) is 0 Å². The number of hydrogen-bond acceptors (Lipinski definition) is 3. The van der Waals surface area contributed by atoms with Gasteiger partial charge in [-0.3, -0.25) is 4.79 Å². The van der Waals surface area contributed by atoms with E-state index in [1.54, 1.807) is 4.90 Å². The van der Waals surface area contributed by atoms with Gasteiger partial charge in [-0.25, -0.2) is 4.79 Å². The maximum absolute atomic E-state index is 12.6. The van der Waals surface area contributed by atoms with Gasteiger partial charge < -0.3 is 15.0 Å². The molecule has 1 aliphatic carbocycles. The quantitative estimate of drug-likeness (QED) is 0.810. The number of amides is 2. The first-order valence-electron chi connectivity index (χ1n) is 8.64. The molecule has 0 aromatic carbocycles. The third-order valence-corrected chi connectivity index (χ3v) is 5.07. The lowest BCUT2D eigenvalue weighted by Gasteiger charge is -2.31. The van der Waals surface area contributed by atoms with Crippen molar-refractivity contribution in [3.05, 3.63) is 11.6 Å². The molecule has 2 atom stereocenters. The Morgan fingerprint density at radius 1 is 1.26 bits per heavy atom. The zero-order chi connectivity index (χ0) is 17.2. The van der Waals surface area contributed by atoms with Crippen molar-refractivity contribution >= 4 is 12.0 Å². The molecule has 0 radical (unpaired) electrons. The van der Waals surface area contributed by atoms with E-state index in [-0.39, 0.29) is 29.4 Å². The van der Waals surface area contributed by atoms with Crippen molar-refractivity contribution in [1.82, 2.24) is 10.2 Å². The summed E-state index contributed by atoms with van der Waals surface area (Å²) in [5, 5.41) is 3.18. The molecule has 2 aliphatic rings. The van der Waals surface area contributed by atoms with E-state index in [0.29, 0.717) is 25.6 Å². The normalized spacial score (nSPS) is 26.4. The van der Waals surface area contributed by atoms with Gasteiger partial charge >= 0.3 is 6.09 Å². The summed E-state index contributed by atoms with van der Waals surface area (Å²) in [5.41, 5.74) is 1.31. The standard InChI is InChI=1S/C18H30N2O3/c1-6-23-17(22)20-9-7-13(8-10-20)19-16(21)15-14(11-12(2)3)18(15,4)5/h11,13-15H,6-10H2,1-5H3,(H,19,21)/t14-,15+/m0/s1. The second kappa shape index (κ2) is 6.93. The summed E-state index contributed by atoms with van der Waals surface area (Å²) in [6, 6.07) is 0.164. The van der Waals surface area contributed by atoms with Crippen molar-refractivity contribution in [2.24, 2.45) is 17.3 Å². The fourth-order valence-electron chi connectivity index (χ4n) is 3.56. The lowest BCUT2D eigenvalue weighted by atomic mass is 10.0. The summed E-state index contributed by atoms with van der Waals surface area (Å²) in [6.45, 7) is 12.0. The smallest absolute Gasteiger partial charge is 0.409 e. The number of nitrogens with one attached hydrogen (secondary N) is 1. The SMILES string of the molecule is CCOC(=O)N1CCC(NC(=O)[C@H]2[C@H](C=C(C)C)C2(C)C)CC1. The average Bonchev–Trinajstić information content (AvgIpc) is 3.00. The first-order valence-corrected chi connectivity index (χ1v) is 8.64. The van der Waals surface area contributed by atoms with E-state index in [1.807, 2.05) is 6.92 Å². The lowest BCUT2D eigenvalue weighted by molar-refractivity contribution is -0.124. The van der Waals surface area contributed by atoms with Crippen molar-refractivity contribution < 1.29 is 14.3 Å². The van der Waals surface area contributed by atoms with Crippen LogP contribution in [0, 0.1) is 17.3 Å². The fourth-order valence-corrected chi connectivity index (χ4v) is 3.56. The molecule has 5 heteroatoms. The molecule has 5 nitrogen and oxygen atoms in total. The number of piperidine rings is 1. The van der Waals surface area contributed by atoms with Crippen LogP contribution in [0.5, 0.6) is 0 Å². The molecular weight excluding hydrogens is 292 g/mol. The summed E-state index contributed by atoms with van der Waals surface area (Å²) in [4.78, 5) is 26.0. The van der Waals surface area contributed by atoms with Crippen LogP contribution in [-0.4, -0.2) is 42.6 Å². The number of carbonyl (C=O) groups is 2. The maximum Gasteiger partial charge on any atom is 0.409 e. The van der Waals surface area contributed by atoms with Gasteiger partial charge in [0.05, 0.1) is 12.5 Å². The van der Waals surface area contributed by atoms with Gasteiger partial charge in [-0.15, -0.1) is 0 Å². The van der Waals surface area contributed by atoms with Crippen LogP contribution in [0.1, 0.15) is 47.5 Å². The number of hydrogen-bond donors (Lipinski definition) is 1. The Morgan fingerprint density at radius 2 is 1.87 bits per heavy atom. The van der Waals surface area contributed by atoms with Crippen LogP contribution >= 0.6 is 0 Å². The van der Waals surface area contributed by atoms with Crippen molar-refractivity contribution in [3.63, 3.8) is 0 Å². The predicted octanol–water partition coefficient (Wildman–Crippen LogP) is 2.96. The highest BCUT2D eigenvalue weighted by atomic mass is 16.6. The van der Waals surface area contributed by atoms with Crippen molar-refractivity contribution in [2.75, 3.05) is 19.7 Å². The van der Waals surface area contributed by atoms with E-state index in [9.17, 15) is 9.59 Å². The summed E-state index contributed by atoms with van der Waals surface area (Å²) >= 11 is 0. The van der Waals surface area contributed by atoms with Gasteiger partial charge in [0.2, 0.25) is 5.91 Å². The van der Waals surface area contributed by atoms with Crippen LogP contribution in [-0.2, 0) is 9.53 Å². The molecule has 2 amide bonds. The minimum absolute atomic E-state index is 0.0486. The third kappa shape index (κ3) is 4.06. The highest BCUT2D eigenvalue weighted by Crippen LogP contribution is 2.59. The first kappa shape index (κ1) is 17.8. The molecule has 1 N–H and O–H groups in total. The molecule has 1 saturated carbocycles. The number of likely N-dealkylation sites (tertiary alicyclic amines) is 1. The summed E-state index contributed by atoms with van der Waals surface area (Å²) in [7, 11) is 0.